The van der Waals surface area contributed by atoms with Gasteiger partial charge in [-0.05, 0) is 74.2 Å². The predicted molar refractivity (Wildman–Crippen MR) is 124 cm³/mol. The Labute approximate surface area is 192 Å². The number of para-hydroxylation sites is 1. The van der Waals surface area contributed by atoms with Gasteiger partial charge >= 0.3 is 5.97 Å². The average molecular weight is 447 g/mol. The number of amides is 1. The molecule has 0 unspecified atom stereocenters. The third-order valence-corrected chi connectivity index (χ3v) is 5.62. The van der Waals surface area contributed by atoms with Crippen molar-refractivity contribution in [3.05, 3.63) is 78.5 Å². The van der Waals surface area contributed by atoms with Crippen LogP contribution in [0.2, 0.25) is 0 Å². The molecular formula is C25H26N4O4. The Morgan fingerprint density at radius 1 is 0.939 bits per heavy atom. The SMILES string of the molecule is COC(=O)C1CCC(Oc2ccc(C(=O)N(Nc3ccccc3)c3cccnn3)cc2)CC1. The fourth-order valence-electron chi connectivity index (χ4n) is 3.85. The lowest BCUT2D eigenvalue weighted by molar-refractivity contribution is -0.147. The maximum absolute atomic E-state index is 13.3. The second kappa shape index (κ2) is 10.6. The minimum absolute atomic E-state index is 0.0426. The van der Waals surface area contributed by atoms with E-state index in [2.05, 4.69) is 15.6 Å². The lowest BCUT2D eigenvalue weighted by Crippen LogP contribution is -2.37. The highest BCUT2D eigenvalue weighted by Gasteiger charge is 2.28. The first-order valence-electron chi connectivity index (χ1n) is 10.9. The minimum atomic E-state index is -0.274. The topological polar surface area (TPSA) is 93.7 Å². The number of anilines is 2. The lowest BCUT2D eigenvalue weighted by atomic mass is 9.87. The number of rotatable bonds is 7. The van der Waals surface area contributed by atoms with Crippen LogP contribution in [0, 0.1) is 5.92 Å². The molecule has 33 heavy (non-hydrogen) atoms. The summed E-state index contributed by atoms with van der Waals surface area (Å²) < 4.78 is 10.9. The molecule has 8 heteroatoms. The van der Waals surface area contributed by atoms with Crippen molar-refractivity contribution in [1.82, 2.24) is 10.2 Å². The monoisotopic (exact) mass is 446 g/mol. The van der Waals surface area contributed by atoms with Gasteiger partial charge in [0, 0.05) is 11.8 Å². The Kier molecular flexibility index (Phi) is 7.14. The molecule has 0 aliphatic heterocycles. The van der Waals surface area contributed by atoms with E-state index >= 15 is 0 Å². The van der Waals surface area contributed by atoms with Crippen LogP contribution in [-0.4, -0.2) is 35.3 Å². The van der Waals surface area contributed by atoms with Crippen molar-refractivity contribution in [2.45, 2.75) is 31.8 Å². The van der Waals surface area contributed by atoms with Gasteiger partial charge in [-0.25, -0.2) is 0 Å². The number of hydrogen-bond donors (Lipinski definition) is 1. The molecule has 0 radical (unpaired) electrons. The van der Waals surface area contributed by atoms with Crippen LogP contribution in [-0.2, 0) is 9.53 Å². The first-order valence-corrected chi connectivity index (χ1v) is 10.9. The summed E-state index contributed by atoms with van der Waals surface area (Å²) in [5.74, 6) is 0.612. The van der Waals surface area contributed by atoms with E-state index in [1.54, 1.807) is 42.6 Å². The molecule has 2 aromatic carbocycles. The molecule has 1 heterocycles. The van der Waals surface area contributed by atoms with E-state index < -0.39 is 0 Å². The summed E-state index contributed by atoms with van der Waals surface area (Å²) >= 11 is 0. The average Bonchev–Trinajstić information content (AvgIpc) is 2.88. The largest absolute Gasteiger partial charge is 0.490 e. The second-order valence-electron chi connectivity index (χ2n) is 7.84. The van der Waals surface area contributed by atoms with Gasteiger partial charge in [0.1, 0.15) is 5.75 Å². The van der Waals surface area contributed by atoms with E-state index in [1.807, 2.05) is 30.3 Å². The molecule has 0 saturated heterocycles. The molecule has 1 aliphatic carbocycles. The van der Waals surface area contributed by atoms with E-state index in [0.717, 1.165) is 31.4 Å². The van der Waals surface area contributed by atoms with Gasteiger partial charge < -0.3 is 9.47 Å². The summed E-state index contributed by atoms with van der Waals surface area (Å²) in [4.78, 5) is 25.0. The zero-order chi connectivity index (χ0) is 23.0. The van der Waals surface area contributed by atoms with Gasteiger partial charge in [-0.15, -0.1) is 5.10 Å². The molecule has 1 aliphatic rings. The standard InChI is InChI=1S/C25H26N4O4/c1-32-25(31)19-11-15-22(16-12-19)33-21-13-9-18(10-14-21)24(30)29(23-8-5-17-26-27-23)28-20-6-3-2-4-7-20/h2-10,13-14,17,19,22,28H,11-12,15-16H2,1H3. The van der Waals surface area contributed by atoms with Crippen LogP contribution in [0.3, 0.4) is 0 Å². The molecule has 1 fully saturated rings. The summed E-state index contributed by atoms with van der Waals surface area (Å²) in [7, 11) is 1.43. The first-order chi connectivity index (χ1) is 16.1. The van der Waals surface area contributed by atoms with E-state index in [0.29, 0.717) is 17.1 Å². The number of nitrogens with zero attached hydrogens (tertiary/aromatic N) is 3. The van der Waals surface area contributed by atoms with Gasteiger partial charge in [-0.3, -0.25) is 15.0 Å². The number of carbonyl (C=O) groups is 2. The Morgan fingerprint density at radius 2 is 1.67 bits per heavy atom. The molecule has 1 aromatic heterocycles. The van der Waals surface area contributed by atoms with E-state index in [9.17, 15) is 9.59 Å². The summed E-state index contributed by atoms with van der Waals surface area (Å²) in [6.07, 6.45) is 4.70. The van der Waals surface area contributed by atoms with Gasteiger partial charge in [0.2, 0.25) is 0 Å². The predicted octanol–water partition coefficient (Wildman–Crippen LogP) is 4.26. The fraction of sp³-hybridized carbons (Fsp3) is 0.280. The number of aromatic nitrogens is 2. The highest BCUT2D eigenvalue weighted by Crippen LogP contribution is 2.29. The summed E-state index contributed by atoms with van der Waals surface area (Å²) in [6, 6.07) is 19.9. The van der Waals surface area contributed by atoms with Crippen molar-refractivity contribution in [2.24, 2.45) is 5.92 Å². The summed E-state index contributed by atoms with van der Waals surface area (Å²) in [5.41, 5.74) is 4.33. The minimum Gasteiger partial charge on any atom is -0.490 e. The molecule has 8 nitrogen and oxygen atoms in total. The molecule has 0 atom stereocenters. The fourth-order valence-corrected chi connectivity index (χ4v) is 3.85. The Morgan fingerprint density at radius 3 is 2.30 bits per heavy atom. The van der Waals surface area contributed by atoms with Crippen molar-refractivity contribution in [3.8, 4) is 5.75 Å². The molecule has 1 amide bonds. The van der Waals surface area contributed by atoms with Gasteiger partial charge in [-0.2, -0.15) is 10.1 Å². The molecule has 170 valence electrons. The Hall–Kier alpha value is -3.94. The van der Waals surface area contributed by atoms with Crippen molar-refractivity contribution in [1.29, 1.82) is 0 Å². The third-order valence-electron chi connectivity index (χ3n) is 5.62. The smallest absolute Gasteiger partial charge is 0.308 e. The van der Waals surface area contributed by atoms with Crippen molar-refractivity contribution in [2.75, 3.05) is 17.5 Å². The third kappa shape index (κ3) is 5.65. The van der Waals surface area contributed by atoms with E-state index in [1.165, 1.54) is 12.1 Å². The van der Waals surface area contributed by atoms with Gasteiger partial charge in [0.15, 0.2) is 5.82 Å². The van der Waals surface area contributed by atoms with Crippen molar-refractivity contribution in [3.63, 3.8) is 0 Å². The van der Waals surface area contributed by atoms with E-state index in [-0.39, 0.29) is 23.9 Å². The van der Waals surface area contributed by atoms with Crippen LogP contribution in [0.15, 0.2) is 72.9 Å². The zero-order valence-corrected chi connectivity index (χ0v) is 18.4. The number of hydrazine groups is 1. The van der Waals surface area contributed by atoms with Crippen LogP contribution in [0.1, 0.15) is 36.0 Å². The van der Waals surface area contributed by atoms with Gasteiger partial charge in [0.05, 0.1) is 24.8 Å². The number of methoxy groups -OCH3 is 1. The normalized spacial score (nSPS) is 17.6. The van der Waals surface area contributed by atoms with Crippen molar-refractivity contribution >= 4 is 23.4 Å². The van der Waals surface area contributed by atoms with Gasteiger partial charge in [0.25, 0.3) is 5.91 Å². The van der Waals surface area contributed by atoms with Crippen LogP contribution >= 0.6 is 0 Å². The molecule has 3 aromatic rings. The summed E-state index contributed by atoms with van der Waals surface area (Å²) in [6.45, 7) is 0. The van der Waals surface area contributed by atoms with Gasteiger partial charge in [-0.1, -0.05) is 18.2 Å². The molecular weight excluding hydrogens is 420 g/mol. The molecule has 4 rings (SSSR count). The number of hydrogen-bond acceptors (Lipinski definition) is 7. The number of benzene rings is 2. The number of carbonyl (C=O) groups excluding carboxylic acids is 2. The Bertz CT molecular complexity index is 1050. The van der Waals surface area contributed by atoms with Crippen LogP contribution in [0.4, 0.5) is 11.5 Å². The highest BCUT2D eigenvalue weighted by molar-refractivity contribution is 6.06. The van der Waals surface area contributed by atoms with Crippen LogP contribution in [0.25, 0.3) is 0 Å². The number of ether oxygens (including phenoxy) is 2. The number of nitrogens with one attached hydrogen (secondary N) is 1. The zero-order valence-electron chi connectivity index (χ0n) is 18.4. The lowest BCUT2D eigenvalue weighted by Gasteiger charge is -2.27. The summed E-state index contributed by atoms with van der Waals surface area (Å²) in [5, 5.41) is 9.33. The highest BCUT2D eigenvalue weighted by atomic mass is 16.5. The Balaban J connectivity index is 1.43. The van der Waals surface area contributed by atoms with Crippen LogP contribution in [0.5, 0.6) is 5.75 Å². The number of esters is 1. The first kappa shape index (κ1) is 22.3. The maximum atomic E-state index is 13.3. The molecule has 0 spiro atoms. The van der Waals surface area contributed by atoms with Crippen molar-refractivity contribution < 1.29 is 19.1 Å². The molecule has 1 N–H and O–H groups in total. The second-order valence-corrected chi connectivity index (χ2v) is 7.84. The maximum Gasteiger partial charge on any atom is 0.308 e. The molecule has 0 bridgehead atoms. The quantitative estimate of drug-likeness (QED) is 0.428. The van der Waals surface area contributed by atoms with Crippen LogP contribution < -0.4 is 15.2 Å². The molecule has 1 saturated carbocycles. The van der Waals surface area contributed by atoms with E-state index in [4.69, 9.17) is 9.47 Å².